The Bertz CT molecular complexity index is 1700. The molecule has 3 amide bonds. The van der Waals surface area contributed by atoms with Crippen molar-refractivity contribution < 1.29 is 22.8 Å². The molecular formula is C27H20ClN3O5S. The predicted molar refractivity (Wildman–Crippen MR) is 143 cm³/mol. The van der Waals surface area contributed by atoms with E-state index in [1.54, 1.807) is 30.3 Å². The standard InChI is InChI=1S/C27H20ClN3O5S/c1-37(35,36)19-11-12-22(28)21(14-19)27(34)29-17-7-9-18(10-8-17)31-23-13-6-16-4-2-3-5-20(16)26(23)30-24(32)15-25(31)33/h2-14H,15H2,1H3,(H,29,34)(H,30,32). The van der Waals surface area contributed by atoms with Crippen LogP contribution < -0.4 is 15.5 Å². The van der Waals surface area contributed by atoms with Crippen molar-refractivity contribution in [3.63, 3.8) is 0 Å². The van der Waals surface area contributed by atoms with Gasteiger partial charge in [0.15, 0.2) is 9.84 Å². The number of benzene rings is 4. The number of carbonyl (C=O) groups excluding carboxylic acids is 3. The van der Waals surface area contributed by atoms with Crippen molar-refractivity contribution in [1.29, 1.82) is 0 Å². The lowest BCUT2D eigenvalue weighted by Crippen LogP contribution is -2.26. The van der Waals surface area contributed by atoms with Crippen LogP contribution in [0.2, 0.25) is 5.02 Å². The van der Waals surface area contributed by atoms with E-state index < -0.39 is 27.6 Å². The Morgan fingerprint density at radius 2 is 1.70 bits per heavy atom. The van der Waals surface area contributed by atoms with Crippen LogP contribution in [0.5, 0.6) is 0 Å². The number of carbonyl (C=O) groups is 3. The summed E-state index contributed by atoms with van der Waals surface area (Å²) in [6.07, 6.45) is 0.724. The van der Waals surface area contributed by atoms with E-state index in [4.69, 9.17) is 11.6 Å². The summed E-state index contributed by atoms with van der Waals surface area (Å²) < 4.78 is 23.7. The van der Waals surface area contributed by atoms with Crippen LogP contribution in [-0.4, -0.2) is 32.4 Å². The molecule has 0 radical (unpaired) electrons. The van der Waals surface area contributed by atoms with Gasteiger partial charge in [0.2, 0.25) is 11.8 Å². The fourth-order valence-electron chi connectivity index (χ4n) is 4.20. The fourth-order valence-corrected chi connectivity index (χ4v) is 5.05. The Kier molecular flexibility index (Phi) is 6.18. The van der Waals surface area contributed by atoms with E-state index in [1.807, 2.05) is 30.3 Å². The minimum atomic E-state index is -3.52. The first kappa shape index (κ1) is 24.5. The molecule has 4 aromatic rings. The molecule has 0 spiro atoms. The van der Waals surface area contributed by atoms with Gasteiger partial charge in [-0.2, -0.15) is 0 Å². The third-order valence-electron chi connectivity index (χ3n) is 5.97. The van der Waals surface area contributed by atoms with Crippen molar-refractivity contribution in [1.82, 2.24) is 0 Å². The molecule has 0 unspecified atom stereocenters. The first-order chi connectivity index (χ1) is 17.6. The monoisotopic (exact) mass is 533 g/mol. The summed E-state index contributed by atoms with van der Waals surface area (Å²) in [7, 11) is -3.52. The van der Waals surface area contributed by atoms with E-state index in [0.29, 0.717) is 22.7 Å². The average molecular weight is 534 g/mol. The van der Waals surface area contributed by atoms with Crippen molar-refractivity contribution in [2.75, 3.05) is 21.8 Å². The van der Waals surface area contributed by atoms with Gasteiger partial charge in [0.25, 0.3) is 5.91 Å². The maximum Gasteiger partial charge on any atom is 0.257 e. The second kappa shape index (κ2) is 9.34. The minimum Gasteiger partial charge on any atom is -0.323 e. The SMILES string of the molecule is CS(=O)(=O)c1ccc(Cl)c(C(=O)Nc2ccc(N3C(=O)CC(=O)Nc4c3ccc3ccccc43)cc2)c1. The molecule has 1 aliphatic rings. The maximum absolute atomic E-state index is 13.1. The van der Waals surface area contributed by atoms with Crippen LogP contribution in [0.3, 0.4) is 0 Å². The molecule has 0 atom stereocenters. The van der Waals surface area contributed by atoms with Gasteiger partial charge in [0.05, 0.1) is 26.9 Å². The number of amides is 3. The molecule has 5 rings (SSSR count). The molecule has 4 aromatic carbocycles. The topological polar surface area (TPSA) is 113 Å². The smallest absolute Gasteiger partial charge is 0.257 e. The quantitative estimate of drug-likeness (QED) is 0.352. The van der Waals surface area contributed by atoms with Crippen molar-refractivity contribution in [3.8, 4) is 0 Å². The number of hydrogen-bond acceptors (Lipinski definition) is 5. The predicted octanol–water partition coefficient (Wildman–Crippen LogP) is 5.16. The Balaban J connectivity index is 1.47. The summed E-state index contributed by atoms with van der Waals surface area (Å²) in [4.78, 5) is 39.8. The number of fused-ring (bicyclic) bond motifs is 3. The molecule has 10 heteroatoms. The molecule has 0 fully saturated rings. The van der Waals surface area contributed by atoms with Gasteiger partial charge in [-0.1, -0.05) is 41.9 Å². The zero-order chi connectivity index (χ0) is 26.3. The van der Waals surface area contributed by atoms with Crippen LogP contribution in [0.1, 0.15) is 16.8 Å². The van der Waals surface area contributed by atoms with Gasteiger partial charge < -0.3 is 10.6 Å². The molecule has 1 aliphatic heterocycles. The van der Waals surface area contributed by atoms with Gasteiger partial charge >= 0.3 is 0 Å². The summed E-state index contributed by atoms with van der Waals surface area (Å²) in [5, 5.41) is 7.39. The summed E-state index contributed by atoms with van der Waals surface area (Å²) >= 11 is 6.13. The number of sulfone groups is 1. The van der Waals surface area contributed by atoms with Gasteiger partial charge in [-0.15, -0.1) is 0 Å². The molecule has 0 saturated carbocycles. The van der Waals surface area contributed by atoms with Gasteiger partial charge in [-0.3, -0.25) is 19.3 Å². The highest BCUT2D eigenvalue weighted by atomic mass is 35.5. The highest BCUT2D eigenvalue weighted by molar-refractivity contribution is 7.90. The molecule has 186 valence electrons. The molecular weight excluding hydrogens is 514 g/mol. The molecule has 2 N–H and O–H groups in total. The molecule has 0 aromatic heterocycles. The largest absolute Gasteiger partial charge is 0.323 e. The number of nitrogens with one attached hydrogen (secondary N) is 2. The van der Waals surface area contributed by atoms with Gasteiger partial charge in [0.1, 0.15) is 6.42 Å². The summed E-state index contributed by atoms with van der Waals surface area (Å²) in [5.74, 6) is -1.38. The van der Waals surface area contributed by atoms with E-state index in [9.17, 15) is 22.8 Å². The van der Waals surface area contributed by atoms with Crippen LogP contribution in [0.15, 0.2) is 83.8 Å². The third-order valence-corrected chi connectivity index (χ3v) is 7.41. The van der Waals surface area contributed by atoms with Crippen molar-refractivity contribution >= 4 is 72.7 Å². The Labute approximate surface area is 217 Å². The zero-order valence-electron chi connectivity index (χ0n) is 19.5. The molecule has 0 saturated heterocycles. The number of rotatable bonds is 4. The van der Waals surface area contributed by atoms with E-state index in [0.717, 1.165) is 17.0 Å². The highest BCUT2D eigenvalue weighted by Gasteiger charge is 2.28. The Morgan fingerprint density at radius 3 is 2.43 bits per heavy atom. The number of halogens is 1. The van der Waals surface area contributed by atoms with Gasteiger partial charge in [-0.25, -0.2) is 8.42 Å². The van der Waals surface area contributed by atoms with Crippen LogP contribution in [0, 0.1) is 0 Å². The van der Waals surface area contributed by atoms with Crippen LogP contribution in [0.4, 0.5) is 22.7 Å². The lowest BCUT2D eigenvalue weighted by atomic mass is 10.1. The first-order valence-corrected chi connectivity index (χ1v) is 13.4. The molecule has 37 heavy (non-hydrogen) atoms. The molecule has 0 aliphatic carbocycles. The normalized spacial score (nSPS) is 13.6. The van der Waals surface area contributed by atoms with Gasteiger partial charge in [0, 0.05) is 23.0 Å². The first-order valence-electron chi connectivity index (χ1n) is 11.2. The fraction of sp³-hybridized carbons (Fsp3) is 0.0741. The van der Waals surface area contributed by atoms with Crippen LogP contribution >= 0.6 is 11.6 Å². The maximum atomic E-state index is 13.1. The Hall–Kier alpha value is -4.21. The Morgan fingerprint density at radius 1 is 0.973 bits per heavy atom. The summed E-state index contributed by atoms with van der Waals surface area (Å²) in [6, 6.07) is 21.7. The number of hydrogen-bond donors (Lipinski definition) is 2. The van der Waals surface area contributed by atoms with Crippen molar-refractivity contribution in [3.05, 3.63) is 89.4 Å². The van der Waals surface area contributed by atoms with E-state index in [-0.39, 0.29) is 21.9 Å². The van der Waals surface area contributed by atoms with Crippen molar-refractivity contribution in [2.45, 2.75) is 11.3 Å². The second-order valence-corrected chi connectivity index (χ2v) is 11.0. The minimum absolute atomic E-state index is 0.0155. The van der Waals surface area contributed by atoms with E-state index >= 15 is 0 Å². The second-order valence-electron chi connectivity index (χ2n) is 8.55. The van der Waals surface area contributed by atoms with Crippen LogP contribution in [-0.2, 0) is 19.4 Å². The lowest BCUT2D eigenvalue weighted by Gasteiger charge is -2.23. The highest BCUT2D eigenvalue weighted by Crippen LogP contribution is 2.40. The van der Waals surface area contributed by atoms with Crippen LogP contribution in [0.25, 0.3) is 10.8 Å². The number of anilines is 4. The van der Waals surface area contributed by atoms with Gasteiger partial charge in [-0.05, 0) is 53.9 Å². The average Bonchev–Trinajstić information content (AvgIpc) is 2.98. The zero-order valence-corrected chi connectivity index (χ0v) is 21.1. The lowest BCUT2D eigenvalue weighted by molar-refractivity contribution is -0.124. The van der Waals surface area contributed by atoms with E-state index in [2.05, 4.69) is 10.6 Å². The molecule has 1 heterocycles. The third kappa shape index (κ3) is 4.78. The molecule has 8 nitrogen and oxygen atoms in total. The van der Waals surface area contributed by atoms with Crippen molar-refractivity contribution in [2.24, 2.45) is 0 Å². The van der Waals surface area contributed by atoms with E-state index in [1.165, 1.54) is 23.1 Å². The number of nitrogens with zero attached hydrogens (tertiary/aromatic N) is 1. The summed E-state index contributed by atoms with van der Waals surface area (Å²) in [6.45, 7) is 0. The molecule has 0 bridgehead atoms. The summed E-state index contributed by atoms with van der Waals surface area (Å²) in [5.41, 5.74) is 2.02.